The van der Waals surface area contributed by atoms with E-state index in [4.69, 9.17) is 21.9 Å². The second-order valence-corrected chi connectivity index (χ2v) is 35.7. The first kappa shape index (κ1) is 95.8. The van der Waals surface area contributed by atoms with E-state index in [2.05, 4.69) is 63.5 Å². The molecule has 1 aromatic rings. The van der Waals surface area contributed by atoms with Gasteiger partial charge in [-0.2, -0.15) is 0 Å². The Balaban J connectivity index is 0.0000530. The van der Waals surface area contributed by atoms with Gasteiger partial charge in [0.2, 0.25) is 70.9 Å². The first-order valence-corrected chi connectivity index (χ1v) is 37.8. The molecule has 22 N–H and O–H groups in total. The molecule has 1 saturated heterocycles. The highest BCUT2D eigenvalue weighted by molar-refractivity contribution is 6.76. The van der Waals surface area contributed by atoms with Crippen LogP contribution in [0.3, 0.4) is 0 Å². The Morgan fingerprint density at radius 1 is 0.654 bits per heavy atom. The van der Waals surface area contributed by atoms with E-state index < -0.39 is 212 Å². The molecule has 592 valence electrons. The first-order valence-electron chi connectivity index (χ1n) is 34.1. The van der Waals surface area contributed by atoms with E-state index in [0.717, 1.165) is 6.92 Å². The molecule has 2 rings (SSSR count). The lowest BCUT2D eigenvalue weighted by atomic mass is 9.87. The molecule has 38 heteroatoms. The molecule has 35 nitrogen and oxygen atoms in total. The largest absolute Gasteiger partial charge is 0.444 e. The SMILES string of the molecule is CC[C@H](C)[C@@H]1NC(=O)[C@@H](CCCN=C(N)N)NC(=O)[C@H](CC(C)C)NC(=O)[C@H]([C@H](O)C(C)C)NC(=O)[C@@H](NC(=O)[C@H](CC(C)(C)C)NC(=O)[C@@H](C[Si](C)(C)C)NC(=O)OC(C)(C)C)[C@@H](c2ccc(N(C)C)cc2)NC(=O)[C@H](CO)NC(=O)[C@H]([C@H](O)C(N)=O)NC(=O)CNC(=O)[C@H]([C@H](C)O)NC1=O.Cl.Cl. The van der Waals surface area contributed by atoms with Crippen LogP contribution >= 0.6 is 24.8 Å². The summed E-state index contributed by atoms with van der Waals surface area (Å²) >= 11 is 0. The number of halogens is 2. The number of hydrogen-bond acceptors (Lipinski definition) is 20. The normalized spacial score (nSPS) is 23.0. The van der Waals surface area contributed by atoms with Crippen LogP contribution in [0.5, 0.6) is 0 Å². The number of aliphatic hydroxyl groups excluding tert-OH is 4. The summed E-state index contributed by atoms with van der Waals surface area (Å²) in [4.78, 5) is 193. The van der Waals surface area contributed by atoms with Crippen LogP contribution in [0.2, 0.25) is 25.7 Å². The van der Waals surface area contributed by atoms with Crippen LogP contribution in [0.15, 0.2) is 29.3 Å². The van der Waals surface area contributed by atoms with Crippen LogP contribution in [-0.4, -0.2) is 230 Å². The molecule has 1 aliphatic heterocycles. The minimum atomic E-state index is -2.59. The van der Waals surface area contributed by atoms with Crippen molar-refractivity contribution in [1.82, 2.24) is 63.8 Å². The third-order valence-electron chi connectivity index (χ3n) is 16.1. The molecule has 0 aliphatic carbocycles. The van der Waals surface area contributed by atoms with Crippen LogP contribution in [0.4, 0.5) is 10.5 Å². The van der Waals surface area contributed by atoms with Crippen molar-refractivity contribution in [2.75, 3.05) is 38.7 Å². The number of primary amides is 1. The Hall–Kier alpha value is -8.16. The molecule has 1 aliphatic rings. The van der Waals surface area contributed by atoms with Crippen molar-refractivity contribution in [2.45, 2.75) is 238 Å². The van der Waals surface area contributed by atoms with Gasteiger partial charge in [-0.15, -0.1) is 24.8 Å². The summed E-state index contributed by atoms with van der Waals surface area (Å²) in [7, 11) is 1.12. The molecule has 0 unspecified atom stereocenters. The van der Waals surface area contributed by atoms with Crippen LogP contribution in [0.1, 0.15) is 134 Å². The Labute approximate surface area is 622 Å². The summed E-state index contributed by atoms with van der Waals surface area (Å²) in [5, 5.41) is 74.5. The number of anilines is 1. The van der Waals surface area contributed by atoms with Gasteiger partial charge in [0.25, 0.3) is 0 Å². The van der Waals surface area contributed by atoms with Gasteiger partial charge in [0, 0.05) is 34.4 Å². The second kappa shape index (κ2) is 43.3. The van der Waals surface area contributed by atoms with Gasteiger partial charge in [-0.1, -0.05) is 101 Å². The molecule has 15 atom stereocenters. The number of carbonyl (C=O) groups is 13. The van der Waals surface area contributed by atoms with Gasteiger partial charge in [0.05, 0.1) is 31.4 Å². The fourth-order valence-electron chi connectivity index (χ4n) is 10.5. The molecule has 1 fully saturated rings. The molecule has 0 bridgehead atoms. The number of nitrogens with one attached hydrogen (secondary N) is 12. The maximum atomic E-state index is 15.8. The average molecular weight is 1540 g/mol. The predicted octanol–water partition coefficient (Wildman–Crippen LogP) is -2.70. The number of aliphatic imine (C=N–C) groups is 1. The Morgan fingerprint density at radius 3 is 1.66 bits per heavy atom. The highest BCUT2D eigenvalue weighted by Crippen LogP contribution is 2.26. The maximum Gasteiger partial charge on any atom is 0.408 e. The van der Waals surface area contributed by atoms with Crippen molar-refractivity contribution in [3.8, 4) is 0 Å². The number of alkyl carbamates (subject to hydrolysis) is 1. The smallest absolute Gasteiger partial charge is 0.408 e. The lowest BCUT2D eigenvalue weighted by Crippen LogP contribution is -2.65. The highest BCUT2D eigenvalue weighted by atomic mass is 35.5. The number of guanidine groups is 1. The molecular weight excluding hydrogens is 1420 g/mol. The van der Waals surface area contributed by atoms with Gasteiger partial charge in [0.1, 0.15) is 66.0 Å². The quantitative estimate of drug-likeness (QED) is 0.0217. The number of ether oxygens (including phenoxy) is 1. The number of rotatable bonds is 24. The van der Waals surface area contributed by atoms with Gasteiger partial charge in [-0.25, -0.2) is 4.79 Å². The van der Waals surface area contributed by atoms with Crippen molar-refractivity contribution < 1.29 is 87.5 Å². The molecule has 1 heterocycles. The van der Waals surface area contributed by atoms with Crippen LogP contribution in [0, 0.1) is 23.2 Å². The number of hydrogen-bond donors (Lipinski definition) is 19. The van der Waals surface area contributed by atoms with Gasteiger partial charge in [0.15, 0.2) is 12.1 Å². The second-order valence-electron chi connectivity index (χ2n) is 30.1. The van der Waals surface area contributed by atoms with Crippen molar-refractivity contribution in [1.29, 1.82) is 0 Å². The van der Waals surface area contributed by atoms with Gasteiger partial charge >= 0.3 is 6.09 Å². The monoisotopic (exact) mass is 1530 g/mol. The number of benzene rings is 1. The third-order valence-corrected chi connectivity index (χ3v) is 17.7. The zero-order valence-electron chi connectivity index (χ0n) is 62.9. The van der Waals surface area contributed by atoms with Crippen molar-refractivity contribution in [3.63, 3.8) is 0 Å². The number of amides is 13. The Bertz CT molecular complexity index is 3110. The topological polar surface area (TPSA) is 550 Å². The predicted molar refractivity (Wildman–Crippen MR) is 396 cm³/mol. The Kier molecular flexibility index (Phi) is 39.9. The molecule has 1 aromatic carbocycles. The molecule has 0 spiro atoms. The van der Waals surface area contributed by atoms with Gasteiger partial charge < -0.3 is 111 Å². The van der Waals surface area contributed by atoms with Crippen molar-refractivity contribution in [3.05, 3.63) is 29.8 Å². The zero-order chi connectivity index (χ0) is 78.2. The first-order chi connectivity index (χ1) is 47.0. The van der Waals surface area contributed by atoms with E-state index in [-0.39, 0.29) is 81.0 Å². The van der Waals surface area contributed by atoms with Gasteiger partial charge in [-0.3, -0.25) is 62.5 Å². The van der Waals surface area contributed by atoms with E-state index in [1.165, 1.54) is 26.0 Å². The van der Waals surface area contributed by atoms with Gasteiger partial charge in [-0.05, 0) is 100 Å². The van der Waals surface area contributed by atoms with E-state index in [9.17, 15) is 68.4 Å². The average Bonchev–Trinajstić information content (AvgIpc) is 0.806. The van der Waals surface area contributed by atoms with E-state index in [0.29, 0.717) is 5.69 Å². The maximum absolute atomic E-state index is 15.8. The number of aliphatic hydroxyl groups is 4. The fraction of sp³-hybridized carbons (Fsp3) is 0.697. The minimum absolute atomic E-state index is 0. The lowest BCUT2D eigenvalue weighted by molar-refractivity contribution is -0.140. The molecule has 0 radical (unpaired) electrons. The van der Waals surface area contributed by atoms with E-state index in [1.54, 1.807) is 100 Å². The number of carbonyl (C=O) groups excluding carboxylic acids is 13. The standard InChI is InChI=1S/C66H115N17O18Si.2ClH/c1-19-34(6)44-59(96)79-45(35(7)85)58(95)71-29-43(86)77-49(51(88)52(67)89)62(99)75-41(30-84)56(93)80-46(36-22-24-37(25-23-36)83(14)15)47(81-55(92)40(28-65(8,9)10)74-57(94)42(31-102(16,17)18)76-64(100)101-66(11,12)13)60(97)82-48(50(87)33(4)5)61(98)73-39(27-32(2)3)54(91)72-38(53(90)78-44)21-20-26-70-63(68)69;;/h22-25,32-35,38-42,44-51,84-85,87-88H,19-21,26-31H2,1-18H3,(H2,67,89)(H,71,95)(H,72,91)(H,73,98)(H,74,94)(H,75,99)(H,76,100)(H,77,86)(H,78,90)(H,79,96)(H,80,93)(H,81,92)(H,82,97)(H4,68,69,70);2*1H/t34-,35-,38+,39-,40-,41-,42+,44-,45-,46+,47-,48-,49-,50+,51-;;/m0../s1. The van der Waals surface area contributed by atoms with Crippen molar-refractivity contribution >= 4 is 122 Å². The lowest BCUT2D eigenvalue weighted by Gasteiger charge is -2.35. The summed E-state index contributed by atoms with van der Waals surface area (Å²) in [6, 6.07) is -14.0. The number of nitrogens with zero attached hydrogens (tertiary/aromatic N) is 2. The summed E-state index contributed by atoms with van der Waals surface area (Å²) in [6.45, 7) is 24.2. The molecule has 13 amide bonds. The number of nitrogens with two attached hydrogens (primary N) is 3. The van der Waals surface area contributed by atoms with E-state index >= 15 is 14.4 Å². The minimum Gasteiger partial charge on any atom is -0.444 e. The zero-order valence-corrected chi connectivity index (χ0v) is 65.6. The summed E-state index contributed by atoms with van der Waals surface area (Å²) in [6.07, 6.45) is -7.37. The van der Waals surface area contributed by atoms with Crippen LogP contribution in [0.25, 0.3) is 0 Å². The highest BCUT2D eigenvalue weighted by Gasteiger charge is 2.44. The summed E-state index contributed by atoms with van der Waals surface area (Å²) in [5.74, 6) is -16.9. The fourth-order valence-corrected chi connectivity index (χ4v) is 12.0. The van der Waals surface area contributed by atoms with Crippen LogP contribution < -0.4 is 85.9 Å². The molecule has 104 heavy (non-hydrogen) atoms. The van der Waals surface area contributed by atoms with Crippen LogP contribution in [-0.2, 0) is 62.3 Å². The van der Waals surface area contributed by atoms with E-state index in [1.807, 2.05) is 25.0 Å². The summed E-state index contributed by atoms with van der Waals surface area (Å²) in [5.41, 5.74) is 15.3. The molecule has 0 aromatic heterocycles. The van der Waals surface area contributed by atoms with Crippen molar-refractivity contribution in [2.24, 2.45) is 45.4 Å². The summed E-state index contributed by atoms with van der Waals surface area (Å²) < 4.78 is 5.51. The molecular formula is C66H117Cl2N17O18Si. The Morgan fingerprint density at radius 2 is 1.17 bits per heavy atom. The molecule has 0 saturated carbocycles. The third kappa shape index (κ3) is 32.9.